The van der Waals surface area contributed by atoms with E-state index < -0.39 is 24.1 Å². The van der Waals surface area contributed by atoms with E-state index >= 15 is 0 Å². The quantitative estimate of drug-likeness (QED) is 0.0597. The number of amides is 2. The van der Waals surface area contributed by atoms with Crippen LogP contribution in [0.2, 0.25) is 0 Å². The van der Waals surface area contributed by atoms with Crippen molar-refractivity contribution in [3.05, 3.63) is 159 Å². The molecule has 4 N–H and O–H groups in total. The molecule has 0 spiro atoms. The zero-order chi connectivity index (χ0) is 45.8. The molecule has 65 heavy (non-hydrogen) atoms. The van der Waals surface area contributed by atoms with E-state index in [0.717, 1.165) is 40.4 Å². The predicted molar refractivity (Wildman–Crippen MR) is 230 cm³/mol. The van der Waals surface area contributed by atoms with Crippen molar-refractivity contribution in [2.75, 3.05) is 0 Å². The first-order valence-corrected chi connectivity index (χ1v) is 21.9. The van der Waals surface area contributed by atoms with Crippen LogP contribution in [-0.2, 0) is 60.2 Å². The number of hydrogen-bond acceptors (Lipinski definition) is 12. The van der Waals surface area contributed by atoms with Gasteiger partial charge in [0.05, 0.1) is 24.3 Å². The Morgan fingerprint density at radius 2 is 1.18 bits per heavy atom. The average molecular weight is 914 g/mol. The van der Waals surface area contributed by atoms with Gasteiger partial charge in [-0.15, -0.1) is 31.7 Å². The lowest BCUT2D eigenvalue weighted by Crippen LogP contribution is -2.33. The van der Waals surface area contributed by atoms with Crippen LogP contribution in [0.4, 0.5) is 17.6 Å². The molecule has 0 bridgehead atoms. The molecule has 2 amide bonds. The van der Waals surface area contributed by atoms with Gasteiger partial charge in [-0.25, -0.2) is 4.98 Å². The highest BCUT2D eigenvalue weighted by molar-refractivity contribution is 7.09. The first-order chi connectivity index (χ1) is 31.4. The number of aliphatic hydroxyl groups excluding tert-OH is 2. The number of aliphatic hydroxyl groups is 2. The summed E-state index contributed by atoms with van der Waals surface area (Å²) in [5.74, 6) is -5.71. The van der Waals surface area contributed by atoms with Gasteiger partial charge in [-0.2, -0.15) is 28.0 Å². The summed E-state index contributed by atoms with van der Waals surface area (Å²) in [5.41, 5.74) is 2.39. The molecule has 3 aromatic carbocycles. The van der Waals surface area contributed by atoms with Crippen LogP contribution in [0.25, 0.3) is 0 Å². The first-order valence-electron chi connectivity index (χ1n) is 21.0. The minimum absolute atomic E-state index is 0.0360. The Balaban J connectivity index is 0.000000194. The van der Waals surface area contributed by atoms with E-state index in [1.807, 2.05) is 29.6 Å². The molecule has 5 heterocycles. The van der Waals surface area contributed by atoms with E-state index in [0.29, 0.717) is 69.7 Å². The van der Waals surface area contributed by atoms with E-state index in [4.69, 9.17) is 0 Å². The van der Waals surface area contributed by atoms with Crippen LogP contribution in [0.3, 0.4) is 0 Å². The van der Waals surface area contributed by atoms with E-state index in [1.165, 1.54) is 72.0 Å². The number of alkyl halides is 4. The summed E-state index contributed by atoms with van der Waals surface area (Å²) >= 11 is 1.44. The van der Waals surface area contributed by atoms with Crippen LogP contribution < -0.4 is 0 Å². The first kappa shape index (κ1) is 46.5. The summed E-state index contributed by atoms with van der Waals surface area (Å²) in [6, 6.07) is 21.6. The number of H-pyrrole nitrogens is 2. The molecule has 340 valence electrons. The smallest absolute Gasteiger partial charge is 0.302 e. The Hall–Kier alpha value is -6.51. The Bertz CT molecular complexity index is 2490. The molecule has 2 fully saturated rings. The maximum Gasteiger partial charge on any atom is 0.302 e. The lowest BCUT2D eigenvalue weighted by Gasteiger charge is -2.24. The van der Waals surface area contributed by atoms with Crippen LogP contribution in [0.1, 0.15) is 70.3 Å². The highest BCUT2D eigenvalue weighted by Gasteiger charge is 2.40. The van der Waals surface area contributed by atoms with Crippen molar-refractivity contribution >= 4 is 23.2 Å². The van der Waals surface area contributed by atoms with Gasteiger partial charge in [0.15, 0.2) is 11.6 Å². The molecule has 20 heteroatoms. The minimum Gasteiger partial charge on any atom is -0.382 e. The van der Waals surface area contributed by atoms with Gasteiger partial charge < -0.3 is 20.0 Å². The molecule has 8 rings (SSSR count). The number of rotatable bonds is 18. The fourth-order valence-electron chi connectivity index (χ4n) is 7.53. The second kappa shape index (κ2) is 21.4. The number of aromatic amines is 2. The Labute approximate surface area is 375 Å². The van der Waals surface area contributed by atoms with Crippen molar-refractivity contribution < 1.29 is 37.4 Å². The molecular weight excluding hydrogens is 867 g/mol. The zero-order valence-corrected chi connectivity index (χ0v) is 35.8. The molecule has 15 nitrogen and oxygen atoms in total. The van der Waals surface area contributed by atoms with Gasteiger partial charge in [-0.1, -0.05) is 120 Å². The summed E-state index contributed by atoms with van der Waals surface area (Å²) in [7, 11) is 0. The summed E-state index contributed by atoms with van der Waals surface area (Å²) in [6.07, 6.45) is 5.56. The lowest BCUT2D eigenvalue weighted by atomic mass is 10.0. The number of aromatic nitrogens is 9. The fourth-order valence-corrected chi connectivity index (χ4v) is 8.35. The number of aryl methyl sites for hydroxylation is 4. The third-order valence-corrected chi connectivity index (χ3v) is 12.0. The van der Waals surface area contributed by atoms with Crippen molar-refractivity contribution in [1.82, 2.24) is 56.0 Å². The van der Waals surface area contributed by atoms with Crippen LogP contribution in [0, 0.1) is 0 Å². The van der Waals surface area contributed by atoms with E-state index in [1.54, 1.807) is 21.9 Å². The van der Waals surface area contributed by atoms with Gasteiger partial charge in [0.2, 0.25) is 11.8 Å². The SMILES string of the molecule is O=C1CC[C@H](/C=C/C(O)C(F)(F)c2ccccc2)N1Cc1cccc(CCc2nn[nH]n2)c1.O=C1CC[C@H](/C=C/C(O)C(F)(F)c2ccccc2)N1Cc1nc(CCc2nn[nH]n2)cs1. The van der Waals surface area contributed by atoms with Gasteiger partial charge >= 0.3 is 11.8 Å². The monoisotopic (exact) mass is 913 g/mol. The third kappa shape index (κ3) is 12.2. The van der Waals surface area contributed by atoms with E-state index in [9.17, 15) is 37.4 Å². The number of hydrogen-bond donors (Lipinski definition) is 4. The summed E-state index contributed by atoms with van der Waals surface area (Å²) in [4.78, 5) is 32.7. The number of carbonyl (C=O) groups is 2. The van der Waals surface area contributed by atoms with Gasteiger partial charge in [-0.3, -0.25) is 9.59 Å². The molecule has 2 unspecified atom stereocenters. The molecule has 0 radical (unpaired) electrons. The van der Waals surface area contributed by atoms with Gasteiger partial charge in [0, 0.05) is 48.7 Å². The minimum atomic E-state index is -3.42. The fraction of sp³-hybridized carbons (Fsp3) is 0.356. The van der Waals surface area contributed by atoms with Crippen molar-refractivity contribution in [2.45, 2.75) is 101 Å². The number of likely N-dealkylation sites (tertiary alicyclic amines) is 2. The summed E-state index contributed by atoms with van der Waals surface area (Å²) in [6.45, 7) is 0.668. The molecule has 3 aromatic heterocycles. The number of thiazole rings is 1. The molecular formula is C45H47F4N11O4S. The Morgan fingerprint density at radius 3 is 1.71 bits per heavy atom. The molecule has 0 aliphatic carbocycles. The lowest BCUT2D eigenvalue weighted by molar-refractivity contribution is -0.129. The Morgan fingerprint density at radius 1 is 0.677 bits per heavy atom. The molecule has 2 aliphatic rings. The van der Waals surface area contributed by atoms with Gasteiger partial charge in [0.25, 0.3) is 0 Å². The Kier molecular flexibility index (Phi) is 15.3. The maximum atomic E-state index is 14.6. The number of nitrogens with one attached hydrogen (secondary N) is 2. The average Bonchev–Trinajstić information content (AvgIpc) is 4.20. The summed E-state index contributed by atoms with van der Waals surface area (Å²) in [5, 5.41) is 50.5. The number of carbonyl (C=O) groups excluding carboxylic acids is 2. The summed E-state index contributed by atoms with van der Waals surface area (Å²) < 4.78 is 58.2. The van der Waals surface area contributed by atoms with Gasteiger partial charge in [-0.05, 0) is 36.8 Å². The normalized spacial score (nSPS) is 17.9. The van der Waals surface area contributed by atoms with Crippen LogP contribution in [0.5, 0.6) is 0 Å². The second-order valence-corrected chi connectivity index (χ2v) is 16.5. The molecule has 0 saturated carbocycles. The number of nitrogens with zero attached hydrogens (tertiary/aromatic N) is 9. The molecule has 2 saturated heterocycles. The molecule has 2 aliphatic heterocycles. The van der Waals surface area contributed by atoms with Crippen LogP contribution in [0.15, 0.2) is 115 Å². The van der Waals surface area contributed by atoms with Crippen molar-refractivity contribution in [3.8, 4) is 0 Å². The maximum absolute atomic E-state index is 14.6. The van der Waals surface area contributed by atoms with E-state index in [-0.39, 0.29) is 35.0 Å². The zero-order valence-electron chi connectivity index (χ0n) is 35.0. The topological polar surface area (TPSA) is 203 Å². The van der Waals surface area contributed by atoms with Crippen molar-refractivity contribution in [2.24, 2.45) is 0 Å². The van der Waals surface area contributed by atoms with Gasteiger partial charge in [0.1, 0.15) is 17.2 Å². The molecule has 6 aromatic rings. The largest absolute Gasteiger partial charge is 0.382 e. The number of halogens is 4. The number of tetrazole rings is 2. The van der Waals surface area contributed by atoms with Crippen molar-refractivity contribution in [3.63, 3.8) is 0 Å². The van der Waals surface area contributed by atoms with Crippen LogP contribution >= 0.6 is 11.3 Å². The van der Waals surface area contributed by atoms with Crippen LogP contribution in [-0.4, -0.2) is 102 Å². The molecule has 4 atom stereocenters. The standard InChI is InChI=1S/C24H25F2N5O2.C21H22F2N6O2S/c25-24(26,19-7-2-1-3-8-19)21(32)12-10-20-11-14-23(33)31(20)16-18-6-4-5-17(15-18)9-13-22-27-29-30-28-22;22-21(23,14-4-2-1-3-5-14)17(30)9-7-16-8-11-20(31)29(16)12-19-24-15(13-32-19)6-10-18-25-27-28-26-18/h1-8,10,12,15,20-21,32H,9,11,13-14,16H2,(H,27,28,29,30);1-5,7,9,13,16-17,30H,6,8,10-12H2,(H,25,26,27,28)/b12-10+;9-7+/t20-,21?;16-,17?/m00/s1. The third-order valence-electron chi connectivity index (χ3n) is 11.1. The highest BCUT2D eigenvalue weighted by Crippen LogP contribution is 2.34. The highest BCUT2D eigenvalue weighted by atomic mass is 32.1. The predicted octanol–water partition coefficient (Wildman–Crippen LogP) is 5.83. The second-order valence-electron chi connectivity index (χ2n) is 15.6. The van der Waals surface area contributed by atoms with E-state index in [2.05, 4.69) is 46.2 Å². The van der Waals surface area contributed by atoms with Crippen molar-refractivity contribution in [1.29, 1.82) is 0 Å². The number of benzene rings is 3.